The minimum atomic E-state index is -0.427. The average Bonchev–Trinajstić information content (AvgIpc) is 2.74. The standard InChI is InChI=1S/C11H14O.C7H6O.C6H10O2.2CH4/c1-3-9(2)11(12)10-7-5-4-6-8-10;8-6-7-4-2-1-3-5-7;1-4-5(2)8-6(3)7;;/h3-9,11-12H,1H2,2H3;1-6H;4-5H,1H2,2-3H3;2*1H4. The first-order chi connectivity index (χ1) is 13.3. The SMILES string of the molecule is C.C.C=CC(C)C(O)c1ccccc1.C=CC(C)OC(C)=O.O=Cc1ccccc1. The third kappa shape index (κ3) is 15.0. The van der Waals surface area contributed by atoms with Crippen molar-refractivity contribution in [2.75, 3.05) is 0 Å². The lowest BCUT2D eigenvalue weighted by Gasteiger charge is -2.14. The van der Waals surface area contributed by atoms with E-state index in [1.165, 1.54) is 6.92 Å². The number of esters is 1. The fraction of sp³-hybridized carbons (Fsp3) is 0.308. The maximum atomic E-state index is 10.1. The number of ether oxygens (including phenoxy) is 1. The van der Waals surface area contributed by atoms with E-state index in [1.54, 1.807) is 31.2 Å². The summed E-state index contributed by atoms with van der Waals surface area (Å²) < 4.78 is 4.64. The van der Waals surface area contributed by atoms with Crippen molar-refractivity contribution < 1.29 is 19.4 Å². The second-order valence-electron chi connectivity index (χ2n) is 6.03. The largest absolute Gasteiger partial charge is 0.459 e. The Morgan fingerprint density at radius 3 is 1.70 bits per heavy atom. The first kappa shape index (κ1) is 31.7. The predicted octanol–water partition coefficient (Wildman–Crippen LogP) is 6.44. The molecule has 2 aromatic rings. The van der Waals surface area contributed by atoms with Gasteiger partial charge in [0.15, 0.2) is 0 Å². The van der Waals surface area contributed by atoms with Crippen LogP contribution in [0.3, 0.4) is 0 Å². The lowest BCUT2D eigenvalue weighted by atomic mass is 9.98. The van der Waals surface area contributed by atoms with E-state index in [1.807, 2.05) is 55.5 Å². The van der Waals surface area contributed by atoms with E-state index in [2.05, 4.69) is 17.9 Å². The fourth-order valence-electron chi connectivity index (χ4n) is 1.92. The summed E-state index contributed by atoms with van der Waals surface area (Å²) >= 11 is 0. The molecule has 0 bridgehead atoms. The van der Waals surface area contributed by atoms with Crippen molar-refractivity contribution in [3.63, 3.8) is 0 Å². The van der Waals surface area contributed by atoms with Gasteiger partial charge in [-0.15, -0.1) is 6.58 Å². The van der Waals surface area contributed by atoms with Crippen molar-refractivity contribution in [1.82, 2.24) is 0 Å². The third-order valence-electron chi connectivity index (χ3n) is 3.63. The number of rotatable bonds is 6. The summed E-state index contributed by atoms with van der Waals surface area (Å²) in [4.78, 5) is 20.1. The van der Waals surface area contributed by atoms with Crippen LogP contribution in [0.25, 0.3) is 0 Å². The first-order valence-corrected chi connectivity index (χ1v) is 9.01. The van der Waals surface area contributed by atoms with E-state index in [9.17, 15) is 14.7 Å². The molecule has 0 aromatic heterocycles. The van der Waals surface area contributed by atoms with E-state index in [0.29, 0.717) is 0 Å². The third-order valence-corrected chi connectivity index (χ3v) is 3.63. The van der Waals surface area contributed by atoms with Crippen LogP contribution in [0, 0.1) is 5.92 Å². The van der Waals surface area contributed by atoms with Crippen molar-refractivity contribution in [2.24, 2.45) is 5.92 Å². The van der Waals surface area contributed by atoms with Crippen LogP contribution in [-0.2, 0) is 9.53 Å². The molecular weight excluding hydrogens is 376 g/mol. The van der Waals surface area contributed by atoms with Crippen LogP contribution in [0.15, 0.2) is 86.0 Å². The van der Waals surface area contributed by atoms with Gasteiger partial charge in [-0.25, -0.2) is 0 Å². The van der Waals surface area contributed by atoms with Crippen LogP contribution < -0.4 is 0 Å². The summed E-state index contributed by atoms with van der Waals surface area (Å²) in [5.74, 6) is -0.162. The van der Waals surface area contributed by atoms with E-state index in [0.717, 1.165) is 17.4 Å². The molecule has 0 aliphatic heterocycles. The van der Waals surface area contributed by atoms with Gasteiger partial charge in [0.2, 0.25) is 0 Å². The molecule has 2 aromatic carbocycles. The first-order valence-electron chi connectivity index (χ1n) is 9.01. The molecule has 0 spiro atoms. The van der Waals surface area contributed by atoms with E-state index >= 15 is 0 Å². The molecule has 2 rings (SSSR count). The van der Waals surface area contributed by atoms with Gasteiger partial charge < -0.3 is 9.84 Å². The molecule has 0 aliphatic rings. The molecule has 4 heteroatoms. The highest BCUT2D eigenvalue weighted by Gasteiger charge is 2.11. The number of hydrogen-bond donors (Lipinski definition) is 1. The van der Waals surface area contributed by atoms with E-state index < -0.39 is 6.10 Å². The second kappa shape index (κ2) is 19.3. The summed E-state index contributed by atoms with van der Waals surface area (Å²) in [6.07, 6.45) is 3.58. The molecule has 30 heavy (non-hydrogen) atoms. The molecule has 0 saturated heterocycles. The average molecular weight is 415 g/mol. The monoisotopic (exact) mass is 414 g/mol. The molecule has 0 heterocycles. The van der Waals surface area contributed by atoms with Gasteiger partial charge >= 0.3 is 5.97 Å². The van der Waals surface area contributed by atoms with Gasteiger partial charge in [-0.3, -0.25) is 9.59 Å². The topological polar surface area (TPSA) is 63.6 Å². The molecule has 0 aliphatic carbocycles. The Labute approximate surface area is 182 Å². The summed E-state index contributed by atoms with van der Waals surface area (Å²) in [5, 5.41) is 9.72. The van der Waals surface area contributed by atoms with Gasteiger partial charge in [0.05, 0.1) is 6.10 Å². The summed E-state index contributed by atoms with van der Waals surface area (Å²) in [7, 11) is 0. The minimum Gasteiger partial charge on any atom is -0.459 e. The number of benzene rings is 2. The van der Waals surface area contributed by atoms with Gasteiger partial charge in [-0.1, -0.05) is 101 Å². The highest BCUT2D eigenvalue weighted by atomic mass is 16.5. The van der Waals surface area contributed by atoms with Gasteiger partial charge in [0.1, 0.15) is 12.4 Å². The van der Waals surface area contributed by atoms with Crippen molar-refractivity contribution in [3.05, 3.63) is 97.1 Å². The Bertz CT molecular complexity index is 695. The molecule has 166 valence electrons. The molecule has 0 saturated carbocycles. The molecule has 4 nitrogen and oxygen atoms in total. The van der Waals surface area contributed by atoms with Gasteiger partial charge in [-0.2, -0.15) is 0 Å². The van der Waals surface area contributed by atoms with Crippen LogP contribution in [0.4, 0.5) is 0 Å². The van der Waals surface area contributed by atoms with E-state index in [-0.39, 0.29) is 32.8 Å². The Hall–Kier alpha value is -2.98. The number of carbonyl (C=O) groups is 2. The Kier molecular flexibility index (Phi) is 20.4. The zero-order valence-corrected chi connectivity index (χ0v) is 16.8. The van der Waals surface area contributed by atoms with Crippen LogP contribution in [0.2, 0.25) is 0 Å². The smallest absolute Gasteiger partial charge is 0.303 e. The van der Waals surface area contributed by atoms with Gasteiger partial charge in [0, 0.05) is 18.4 Å². The number of carbonyl (C=O) groups excluding carboxylic acids is 2. The van der Waals surface area contributed by atoms with Crippen molar-refractivity contribution >= 4 is 12.3 Å². The fourth-order valence-corrected chi connectivity index (χ4v) is 1.92. The summed E-state index contributed by atoms with van der Waals surface area (Å²) in [6, 6.07) is 18.7. The number of hydrogen-bond acceptors (Lipinski definition) is 4. The van der Waals surface area contributed by atoms with Crippen LogP contribution in [0.5, 0.6) is 0 Å². The Balaban J connectivity index is -0.000000364. The summed E-state index contributed by atoms with van der Waals surface area (Å²) in [6.45, 7) is 12.2. The van der Waals surface area contributed by atoms with Crippen molar-refractivity contribution in [3.8, 4) is 0 Å². The molecular formula is C26H38O4. The minimum absolute atomic E-state index is 0. The lowest BCUT2D eigenvalue weighted by Crippen LogP contribution is -2.07. The number of aliphatic hydroxyl groups is 1. The maximum absolute atomic E-state index is 10.1. The quantitative estimate of drug-likeness (QED) is 0.336. The van der Waals surface area contributed by atoms with E-state index in [4.69, 9.17) is 0 Å². The van der Waals surface area contributed by atoms with Crippen LogP contribution in [0.1, 0.15) is 57.6 Å². The highest BCUT2D eigenvalue weighted by Crippen LogP contribution is 2.21. The Morgan fingerprint density at radius 2 is 1.40 bits per heavy atom. The molecule has 0 fully saturated rings. The van der Waals surface area contributed by atoms with Gasteiger partial charge in [0.25, 0.3) is 0 Å². The molecule has 1 N–H and O–H groups in total. The van der Waals surface area contributed by atoms with Gasteiger partial charge in [-0.05, 0) is 12.5 Å². The normalized spacial score (nSPS) is 11.6. The molecule has 0 amide bonds. The molecule has 3 atom stereocenters. The lowest BCUT2D eigenvalue weighted by molar-refractivity contribution is -0.143. The van der Waals surface area contributed by atoms with Crippen LogP contribution >= 0.6 is 0 Å². The molecule has 0 radical (unpaired) electrons. The van der Waals surface area contributed by atoms with Crippen molar-refractivity contribution in [2.45, 2.75) is 47.8 Å². The zero-order valence-electron chi connectivity index (χ0n) is 16.8. The van der Waals surface area contributed by atoms with Crippen LogP contribution in [-0.4, -0.2) is 23.5 Å². The number of aldehydes is 1. The zero-order chi connectivity index (χ0) is 21.4. The summed E-state index contributed by atoms with van der Waals surface area (Å²) in [5.41, 5.74) is 1.68. The highest BCUT2D eigenvalue weighted by molar-refractivity contribution is 5.74. The predicted molar refractivity (Wildman–Crippen MR) is 127 cm³/mol. The molecule has 3 unspecified atom stereocenters. The number of aliphatic hydroxyl groups excluding tert-OH is 1. The van der Waals surface area contributed by atoms with Crippen molar-refractivity contribution in [1.29, 1.82) is 0 Å². The maximum Gasteiger partial charge on any atom is 0.303 e. The Morgan fingerprint density at radius 1 is 0.933 bits per heavy atom. The second-order valence-corrected chi connectivity index (χ2v) is 6.03.